The number of amides is 2. The van der Waals surface area contributed by atoms with Gasteiger partial charge in [-0.15, -0.1) is 0 Å². The zero-order valence-electron chi connectivity index (χ0n) is 23.4. The van der Waals surface area contributed by atoms with Gasteiger partial charge in [-0.25, -0.2) is 9.97 Å². The highest BCUT2D eigenvalue weighted by molar-refractivity contribution is 5.83. The first-order valence-corrected chi connectivity index (χ1v) is 14.8. The summed E-state index contributed by atoms with van der Waals surface area (Å²) < 4.78 is 6.01. The summed E-state index contributed by atoms with van der Waals surface area (Å²) in [5, 5.41) is 3.21. The van der Waals surface area contributed by atoms with E-state index in [0.717, 1.165) is 101 Å². The van der Waals surface area contributed by atoms with Gasteiger partial charge >= 0.3 is 0 Å². The van der Waals surface area contributed by atoms with Crippen LogP contribution in [-0.2, 0) is 16.0 Å². The number of nitrogens with one attached hydrogen (secondary N) is 1. The number of ether oxygens (including phenoxy) is 1. The number of carbonyl (C=O) groups is 2. The first-order chi connectivity index (χ1) is 19.0. The molecule has 0 saturated carbocycles. The quantitative estimate of drug-likeness (QED) is 0.635. The lowest BCUT2D eigenvalue weighted by molar-refractivity contribution is -0.138. The van der Waals surface area contributed by atoms with Crippen molar-refractivity contribution in [3.63, 3.8) is 0 Å². The van der Waals surface area contributed by atoms with Crippen LogP contribution in [0.3, 0.4) is 0 Å². The average Bonchev–Trinajstić information content (AvgIpc) is 2.97. The first kappa shape index (κ1) is 27.6. The molecular formula is C31H43N5O3. The molecule has 3 aliphatic heterocycles. The maximum atomic E-state index is 13.5. The largest absolute Gasteiger partial charge is 0.493 e. The molecule has 8 nitrogen and oxygen atoms in total. The molecule has 2 fully saturated rings. The third-order valence-electron chi connectivity index (χ3n) is 8.78. The van der Waals surface area contributed by atoms with Crippen LogP contribution in [0.2, 0.25) is 0 Å². The Hall–Kier alpha value is -3.00. The molecule has 1 N–H and O–H groups in total. The van der Waals surface area contributed by atoms with Gasteiger partial charge in [-0.2, -0.15) is 0 Å². The van der Waals surface area contributed by atoms with Gasteiger partial charge in [0.2, 0.25) is 11.8 Å². The van der Waals surface area contributed by atoms with E-state index in [-0.39, 0.29) is 23.3 Å². The van der Waals surface area contributed by atoms with Gasteiger partial charge in [0.25, 0.3) is 0 Å². The van der Waals surface area contributed by atoms with Crippen molar-refractivity contribution >= 4 is 11.8 Å². The molecule has 1 unspecified atom stereocenters. The van der Waals surface area contributed by atoms with Crippen LogP contribution in [0.4, 0.5) is 0 Å². The Balaban J connectivity index is 1.19. The van der Waals surface area contributed by atoms with Crippen molar-refractivity contribution < 1.29 is 14.3 Å². The van der Waals surface area contributed by atoms with Crippen molar-refractivity contribution in [3.05, 3.63) is 53.6 Å². The summed E-state index contributed by atoms with van der Waals surface area (Å²) in [6.07, 6.45) is 11.1. The molecule has 2 aromatic rings. The van der Waals surface area contributed by atoms with E-state index in [1.54, 1.807) is 6.20 Å². The van der Waals surface area contributed by atoms with Crippen LogP contribution in [0.1, 0.15) is 80.9 Å². The predicted molar refractivity (Wildman–Crippen MR) is 150 cm³/mol. The maximum absolute atomic E-state index is 13.5. The number of hydrogen-bond acceptors (Lipinski definition) is 6. The summed E-state index contributed by atoms with van der Waals surface area (Å²) in [5.74, 6) is 2.06. The Morgan fingerprint density at radius 2 is 1.90 bits per heavy atom. The Labute approximate surface area is 232 Å². The molecule has 1 spiro atoms. The summed E-state index contributed by atoms with van der Waals surface area (Å²) in [6.45, 7) is 5.89. The minimum Gasteiger partial charge on any atom is -0.493 e. The number of nitrogens with zero attached hydrogens (tertiary/aromatic N) is 4. The van der Waals surface area contributed by atoms with E-state index >= 15 is 0 Å². The highest BCUT2D eigenvalue weighted by Crippen LogP contribution is 2.38. The lowest BCUT2D eigenvalue weighted by Crippen LogP contribution is -2.51. The summed E-state index contributed by atoms with van der Waals surface area (Å²) in [4.78, 5) is 40.3. The number of hydrogen-bond donors (Lipinski definition) is 1. The Bertz CT molecular complexity index is 1130. The summed E-state index contributed by atoms with van der Waals surface area (Å²) >= 11 is 0. The van der Waals surface area contributed by atoms with Gasteiger partial charge in [0.05, 0.1) is 24.6 Å². The molecule has 3 aliphatic rings. The van der Waals surface area contributed by atoms with Crippen LogP contribution in [0.5, 0.6) is 5.75 Å². The first-order valence-electron chi connectivity index (χ1n) is 14.8. The van der Waals surface area contributed by atoms with Crippen molar-refractivity contribution in [2.45, 2.75) is 77.2 Å². The monoisotopic (exact) mass is 533 g/mol. The van der Waals surface area contributed by atoms with E-state index in [2.05, 4.69) is 32.3 Å². The van der Waals surface area contributed by atoms with Crippen molar-refractivity contribution in [1.29, 1.82) is 0 Å². The van der Waals surface area contributed by atoms with E-state index in [4.69, 9.17) is 4.74 Å². The molecule has 2 amide bonds. The zero-order chi connectivity index (χ0) is 27.1. The van der Waals surface area contributed by atoms with Crippen LogP contribution in [0, 0.1) is 12.3 Å². The van der Waals surface area contributed by atoms with Gasteiger partial charge in [-0.1, -0.05) is 24.6 Å². The fourth-order valence-electron chi connectivity index (χ4n) is 6.41. The van der Waals surface area contributed by atoms with Crippen LogP contribution >= 0.6 is 0 Å². The molecule has 39 heavy (non-hydrogen) atoms. The van der Waals surface area contributed by atoms with Crippen molar-refractivity contribution in [3.8, 4) is 5.75 Å². The van der Waals surface area contributed by atoms with Gasteiger partial charge in [-0.05, 0) is 95.5 Å². The van der Waals surface area contributed by atoms with E-state index in [1.165, 1.54) is 5.56 Å². The summed E-state index contributed by atoms with van der Waals surface area (Å²) in [5.41, 5.74) is 1.84. The predicted octanol–water partition coefficient (Wildman–Crippen LogP) is 4.23. The fraction of sp³-hybridized carbons (Fsp3) is 0.613. The number of aryl methyl sites for hydroxylation is 2. The minimum atomic E-state index is -0.350. The van der Waals surface area contributed by atoms with Crippen molar-refractivity contribution in [2.75, 3.05) is 39.3 Å². The van der Waals surface area contributed by atoms with Gasteiger partial charge in [0.15, 0.2) is 5.82 Å². The molecule has 0 aliphatic carbocycles. The second kappa shape index (κ2) is 12.9. The lowest BCUT2D eigenvalue weighted by atomic mass is 9.73. The highest BCUT2D eigenvalue weighted by atomic mass is 16.5. The third-order valence-corrected chi connectivity index (χ3v) is 8.78. The number of likely N-dealkylation sites (tertiary alicyclic amines) is 2. The number of carbonyl (C=O) groups excluding carboxylic acids is 2. The summed E-state index contributed by atoms with van der Waals surface area (Å²) in [6, 6.07) is 10.2. The summed E-state index contributed by atoms with van der Waals surface area (Å²) in [7, 11) is 0. The number of benzene rings is 1. The number of piperidine rings is 2. The van der Waals surface area contributed by atoms with Gasteiger partial charge in [-0.3, -0.25) is 14.5 Å². The normalized spacial score (nSPS) is 22.9. The van der Waals surface area contributed by atoms with Crippen LogP contribution < -0.4 is 10.1 Å². The van der Waals surface area contributed by atoms with Crippen LogP contribution in [0.15, 0.2) is 36.5 Å². The fourth-order valence-corrected chi connectivity index (χ4v) is 6.41. The van der Waals surface area contributed by atoms with Gasteiger partial charge < -0.3 is 15.0 Å². The smallest absolute Gasteiger partial charge is 0.237 e. The van der Waals surface area contributed by atoms with E-state index in [0.29, 0.717) is 19.7 Å². The van der Waals surface area contributed by atoms with Crippen molar-refractivity contribution in [1.82, 2.24) is 25.1 Å². The number of fused-ring (bicyclic) bond motifs is 1. The van der Waals surface area contributed by atoms with Crippen LogP contribution in [0.25, 0.3) is 0 Å². The molecule has 210 valence electrons. The van der Waals surface area contributed by atoms with Crippen LogP contribution in [-0.4, -0.2) is 70.9 Å². The van der Waals surface area contributed by atoms with Gasteiger partial charge in [0.1, 0.15) is 5.75 Å². The second-order valence-corrected chi connectivity index (χ2v) is 11.5. The van der Waals surface area contributed by atoms with E-state index in [9.17, 15) is 9.59 Å². The molecule has 1 aromatic heterocycles. The topological polar surface area (TPSA) is 87.7 Å². The number of rotatable bonds is 3. The molecule has 1 aromatic carbocycles. The van der Waals surface area contributed by atoms with Gasteiger partial charge in [0, 0.05) is 25.0 Å². The van der Waals surface area contributed by atoms with E-state index < -0.39 is 0 Å². The average molecular weight is 534 g/mol. The molecule has 2 saturated heterocycles. The van der Waals surface area contributed by atoms with E-state index in [1.807, 2.05) is 30.0 Å². The SMILES string of the molecule is Cc1ccnc(C2CCCCN2C(=O)CN2CCC3(CCCCc4ccccc4OCCCNC3=O)CC2)n1. The Kier molecular flexibility index (Phi) is 9.12. The third kappa shape index (κ3) is 6.78. The lowest BCUT2D eigenvalue weighted by Gasteiger charge is -2.42. The number of para-hydroxylation sites is 1. The molecular weight excluding hydrogens is 490 g/mol. The highest BCUT2D eigenvalue weighted by Gasteiger charge is 2.41. The molecule has 8 heteroatoms. The molecule has 1 atom stereocenters. The Morgan fingerprint density at radius 3 is 2.74 bits per heavy atom. The zero-order valence-corrected chi connectivity index (χ0v) is 23.4. The molecule has 0 bridgehead atoms. The minimum absolute atomic E-state index is 0.0439. The Morgan fingerprint density at radius 1 is 1.05 bits per heavy atom. The standard InChI is InChI=1S/C31H43N5O3/c1-24-13-18-32-29(34-24)26-11-5-7-19-36(26)28(37)23-35-20-15-31(16-21-35)14-6-4-10-25-9-2-3-12-27(25)39-22-8-17-33-30(31)38/h2-3,9,12-13,18,26H,4-8,10-11,14-17,19-23H2,1H3,(H,33,38). The molecule has 0 radical (unpaired) electrons. The number of aromatic nitrogens is 2. The molecule has 5 rings (SSSR count). The second-order valence-electron chi connectivity index (χ2n) is 11.5. The maximum Gasteiger partial charge on any atom is 0.237 e. The van der Waals surface area contributed by atoms with Crippen molar-refractivity contribution in [2.24, 2.45) is 5.41 Å². The molecule has 4 heterocycles.